The third-order valence-corrected chi connectivity index (χ3v) is 3.48. The summed E-state index contributed by atoms with van der Waals surface area (Å²) in [5, 5.41) is 12.6. The highest BCUT2D eigenvalue weighted by Crippen LogP contribution is 2.22. The third-order valence-electron chi connectivity index (χ3n) is 2.47. The van der Waals surface area contributed by atoms with Gasteiger partial charge in [0.05, 0.1) is 0 Å². The molecule has 0 amide bonds. The number of rotatable bonds is 3. The van der Waals surface area contributed by atoms with Crippen LogP contribution < -0.4 is 5.32 Å². The first-order chi connectivity index (χ1) is 7.65. The van der Waals surface area contributed by atoms with E-state index in [1.807, 2.05) is 23.5 Å². The predicted molar refractivity (Wildman–Crippen MR) is 69.2 cm³/mol. The molecule has 2 N–H and O–H groups in total. The summed E-state index contributed by atoms with van der Waals surface area (Å²) in [6.07, 6.45) is 0. The maximum absolute atomic E-state index is 9.33. The molecule has 1 aromatic carbocycles. The van der Waals surface area contributed by atoms with Gasteiger partial charge in [0.1, 0.15) is 5.75 Å². The van der Waals surface area contributed by atoms with Crippen LogP contribution in [0.25, 0.3) is 0 Å². The van der Waals surface area contributed by atoms with Crippen LogP contribution in [0, 0.1) is 13.8 Å². The molecule has 16 heavy (non-hydrogen) atoms. The number of nitrogens with one attached hydrogen (secondary N) is 1. The van der Waals surface area contributed by atoms with Crippen LogP contribution in [0.4, 0.5) is 5.69 Å². The highest BCUT2D eigenvalue weighted by molar-refractivity contribution is 7.12. The van der Waals surface area contributed by atoms with E-state index in [4.69, 9.17) is 0 Å². The fraction of sp³-hybridized carbons (Fsp3) is 0.231. The van der Waals surface area contributed by atoms with Gasteiger partial charge in [-0.25, -0.2) is 0 Å². The lowest BCUT2D eigenvalue weighted by atomic mass is 10.2. The van der Waals surface area contributed by atoms with Gasteiger partial charge in [0, 0.05) is 28.1 Å². The van der Waals surface area contributed by atoms with Gasteiger partial charge < -0.3 is 10.4 Å². The average Bonchev–Trinajstić information content (AvgIpc) is 2.54. The maximum atomic E-state index is 9.33. The van der Waals surface area contributed by atoms with E-state index in [2.05, 4.69) is 25.2 Å². The standard InChI is InChI=1S/C13H15NOS/c1-9-6-11(10(2)16-9)8-14-12-4-3-5-13(15)7-12/h3-7,14-15H,8H2,1-2H3. The van der Waals surface area contributed by atoms with Crippen LogP contribution in [0.1, 0.15) is 15.3 Å². The zero-order valence-corrected chi connectivity index (χ0v) is 10.3. The normalized spacial score (nSPS) is 10.4. The molecule has 0 saturated heterocycles. The fourth-order valence-corrected chi connectivity index (χ4v) is 2.62. The number of hydrogen-bond acceptors (Lipinski definition) is 3. The Hall–Kier alpha value is -1.48. The second kappa shape index (κ2) is 4.58. The first-order valence-electron chi connectivity index (χ1n) is 5.24. The van der Waals surface area contributed by atoms with Gasteiger partial charge in [-0.1, -0.05) is 6.07 Å². The number of anilines is 1. The molecule has 3 heteroatoms. The van der Waals surface area contributed by atoms with E-state index >= 15 is 0 Å². The topological polar surface area (TPSA) is 32.3 Å². The molecule has 0 aliphatic heterocycles. The van der Waals surface area contributed by atoms with Gasteiger partial charge in [-0.15, -0.1) is 11.3 Å². The lowest BCUT2D eigenvalue weighted by Gasteiger charge is -2.06. The van der Waals surface area contributed by atoms with Gasteiger partial charge in [-0.3, -0.25) is 0 Å². The summed E-state index contributed by atoms with van der Waals surface area (Å²) >= 11 is 1.82. The van der Waals surface area contributed by atoms with Gasteiger partial charge in [0.2, 0.25) is 0 Å². The Morgan fingerprint density at radius 2 is 2.06 bits per heavy atom. The Bertz CT molecular complexity index is 490. The summed E-state index contributed by atoms with van der Waals surface area (Å²) < 4.78 is 0. The minimum Gasteiger partial charge on any atom is -0.508 e. The smallest absolute Gasteiger partial charge is 0.117 e. The monoisotopic (exact) mass is 233 g/mol. The van der Waals surface area contributed by atoms with Crippen LogP contribution in [0.2, 0.25) is 0 Å². The molecule has 84 valence electrons. The molecule has 1 aromatic heterocycles. The summed E-state index contributed by atoms with van der Waals surface area (Å²) in [6, 6.07) is 9.40. The van der Waals surface area contributed by atoms with Crippen LogP contribution in [0.5, 0.6) is 5.75 Å². The van der Waals surface area contributed by atoms with Crippen molar-refractivity contribution in [2.75, 3.05) is 5.32 Å². The van der Waals surface area contributed by atoms with E-state index in [9.17, 15) is 5.11 Å². The number of phenols is 1. The molecule has 1 heterocycles. The molecule has 0 unspecified atom stereocenters. The van der Waals surface area contributed by atoms with Gasteiger partial charge in [0.25, 0.3) is 0 Å². The van der Waals surface area contributed by atoms with E-state index < -0.39 is 0 Å². The van der Waals surface area contributed by atoms with Crippen LogP contribution in [0.3, 0.4) is 0 Å². The summed E-state index contributed by atoms with van der Waals surface area (Å²) in [5.41, 5.74) is 2.27. The molecule has 0 saturated carbocycles. The van der Waals surface area contributed by atoms with Crippen molar-refractivity contribution in [2.45, 2.75) is 20.4 Å². The van der Waals surface area contributed by atoms with Gasteiger partial charge >= 0.3 is 0 Å². The SMILES string of the molecule is Cc1cc(CNc2cccc(O)c2)c(C)s1. The maximum Gasteiger partial charge on any atom is 0.117 e. The summed E-state index contributed by atoms with van der Waals surface area (Å²) in [6.45, 7) is 5.06. The molecule has 2 aromatic rings. The fourth-order valence-electron chi connectivity index (χ4n) is 1.67. The highest BCUT2D eigenvalue weighted by Gasteiger charge is 2.02. The van der Waals surface area contributed by atoms with Crippen molar-refractivity contribution in [1.82, 2.24) is 0 Å². The minimum atomic E-state index is 0.295. The quantitative estimate of drug-likeness (QED) is 0.847. The number of phenolic OH excluding ortho intramolecular Hbond substituents is 1. The van der Waals surface area contributed by atoms with Crippen molar-refractivity contribution in [2.24, 2.45) is 0 Å². The molecule has 0 fully saturated rings. The van der Waals surface area contributed by atoms with Crippen molar-refractivity contribution in [3.8, 4) is 5.75 Å². The minimum absolute atomic E-state index is 0.295. The first kappa shape index (κ1) is 11.0. The Kier molecular flexibility index (Phi) is 3.15. The van der Waals surface area contributed by atoms with Crippen LogP contribution in [-0.2, 0) is 6.54 Å². The molecule has 2 nitrogen and oxygen atoms in total. The van der Waals surface area contributed by atoms with E-state index in [0.29, 0.717) is 5.75 Å². The largest absolute Gasteiger partial charge is 0.508 e. The molecule has 0 bridgehead atoms. The molecular formula is C13H15NOS. The number of aromatic hydroxyl groups is 1. The van der Waals surface area contributed by atoms with Gasteiger partial charge in [0.15, 0.2) is 0 Å². The number of benzene rings is 1. The second-order valence-corrected chi connectivity index (χ2v) is 5.30. The summed E-state index contributed by atoms with van der Waals surface area (Å²) in [5.74, 6) is 0.295. The Morgan fingerprint density at radius 3 is 2.69 bits per heavy atom. The van der Waals surface area contributed by atoms with Crippen molar-refractivity contribution >= 4 is 17.0 Å². The lowest BCUT2D eigenvalue weighted by molar-refractivity contribution is 0.475. The van der Waals surface area contributed by atoms with Crippen molar-refractivity contribution < 1.29 is 5.11 Å². The molecule has 0 aliphatic rings. The second-order valence-electron chi connectivity index (χ2n) is 3.84. The van der Waals surface area contributed by atoms with Gasteiger partial charge in [-0.05, 0) is 37.6 Å². The highest BCUT2D eigenvalue weighted by atomic mass is 32.1. The van der Waals surface area contributed by atoms with Crippen LogP contribution in [-0.4, -0.2) is 5.11 Å². The zero-order chi connectivity index (χ0) is 11.5. The molecule has 2 rings (SSSR count). The number of thiophene rings is 1. The number of aryl methyl sites for hydroxylation is 2. The van der Waals surface area contributed by atoms with E-state index in [1.54, 1.807) is 12.1 Å². The first-order valence-corrected chi connectivity index (χ1v) is 6.05. The van der Waals surface area contributed by atoms with Crippen LogP contribution in [0.15, 0.2) is 30.3 Å². The Morgan fingerprint density at radius 1 is 1.25 bits per heavy atom. The summed E-state index contributed by atoms with van der Waals surface area (Å²) in [7, 11) is 0. The molecule has 0 spiro atoms. The van der Waals surface area contributed by atoms with E-state index in [-0.39, 0.29) is 0 Å². The van der Waals surface area contributed by atoms with Gasteiger partial charge in [-0.2, -0.15) is 0 Å². The summed E-state index contributed by atoms with van der Waals surface area (Å²) in [4.78, 5) is 2.69. The molecular weight excluding hydrogens is 218 g/mol. The van der Waals surface area contributed by atoms with Crippen molar-refractivity contribution in [3.05, 3.63) is 45.6 Å². The lowest BCUT2D eigenvalue weighted by Crippen LogP contribution is -1.98. The third kappa shape index (κ3) is 2.55. The average molecular weight is 233 g/mol. The van der Waals surface area contributed by atoms with Crippen LogP contribution >= 0.6 is 11.3 Å². The molecule has 0 radical (unpaired) electrons. The van der Waals surface area contributed by atoms with Crippen molar-refractivity contribution in [3.63, 3.8) is 0 Å². The Balaban J connectivity index is 2.05. The van der Waals surface area contributed by atoms with E-state index in [1.165, 1.54) is 15.3 Å². The molecule has 0 atom stereocenters. The van der Waals surface area contributed by atoms with Crippen molar-refractivity contribution in [1.29, 1.82) is 0 Å². The molecule has 0 aliphatic carbocycles. The zero-order valence-electron chi connectivity index (χ0n) is 9.45. The predicted octanol–water partition coefficient (Wildman–Crippen LogP) is 3.68. The van der Waals surface area contributed by atoms with E-state index in [0.717, 1.165) is 12.2 Å². The Labute approximate surface area is 99.6 Å². The number of hydrogen-bond donors (Lipinski definition) is 2.